The summed E-state index contributed by atoms with van der Waals surface area (Å²) >= 11 is 0. The molecule has 1 aliphatic carbocycles. The molecular weight excluding hydrogens is 238 g/mol. The van der Waals surface area contributed by atoms with Gasteiger partial charge in [-0.25, -0.2) is 5.06 Å². The van der Waals surface area contributed by atoms with Gasteiger partial charge >= 0.3 is 0 Å². The zero-order chi connectivity index (χ0) is 13.1. The molecule has 1 aliphatic heterocycles. The quantitative estimate of drug-likeness (QED) is 0.830. The van der Waals surface area contributed by atoms with Gasteiger partial charge < -0.3 is 0 Å². The van der Waals surface area contributed by atoms with Crippen LogP contribution in [0, 0.1) is 5.92 Å². The van der Waals surface area contributed by atoms with Crippen molar-refractivity contribution in [3.05, 3.63) is 35.9 Å². The van der Waals surface area contributed by atoms with E-state index in [1.54, 1.807) is 5.06 Å². The van der Waals surface area contributed by atoms with Gasteiger partial charge in [0.25, 0.3) is 0 Å². The molecule has 19 heavy (non-hydrogen) atoms. The van der Waals surface area contributed by atoms with E-state index < -0.39 is 0 Å². The highest BCUT2D eigenvalue weighted by Crippen LogP contribution is 2.36. The Morgan fingerprint density at radius 2 is 1.84 bits per heavy atom. The Balaban J connectivity index is 1.62. The van der Waals surface area contributed by atoms with E-state index in [9.17, 15) is 4.79 Å². The Morgan fingerprint density at radius 3 is 2.58 bits per heavy atom. The van der Waals surface area contributed by atoms with Crippen molar-refractivity contribution in [2.45, 2.75) is 51.2 Å². The Hall–Kier alpha value is -1.35. The molecule has 0 aromatic heterocycles. The first-order valence-corrected chi connectivity index (χ1v) is 7.33. The normalized spacial score (nSPS) is 24.3. The highest BCUT2D eigenvalue weighted by Gasteiger charge is 2.38. The van der Waals surface area contributed by atoms with Crippen molar-refractivity contribution >= 4 is 5.91 Å². The minimum Gasteiger partial charge on any atom is -0.273 e. The first-order chi connectivity index (χ1) is 9.34. The predicted molar refractivity (Wildman–Crippen MR) is 73.1 cm³/mol. The number of nitrogens with zero attached hydrogens (tertiary/aromatic N) is 1. The summed E-state index contributed by atoms with van der Waals surface area (Å²) in [4.78, 5) is 17.8. The third-order valence-electron chi connectivity index (χ3n) is 4.36. The molecule has 1 aromatic rings. The van der Waals surface area contributed by atoms with Crippen LogP contribution >= 0.6 is 0 Å². The van der Waals surface area contributed by atoms with Crippen molar-refractivity contribution in [3.63, 3.8) is 0 Å². The van der Waals surface area contributed by atoms with Gasteiger partial charge in [0.15, 0.2) is 0 Å². The lowest BCUT2D eigenvalue weighted by molar-refractivity contribution is -0.200. The van der Waals surface area contributed by atoms with Crippen LogP contribution in [0.25, 0.3) is 0 Å². The van der Waals surface area contributed by atoms with Crippen LogP contribution in [0.15, 0.2) is 30.3 Å². The number of carbonyl (C=O) groups excluding carboxylic acids is 1. The molecule has 3 nitrogen and oxygen atoms in total. The van der Waals surface area contributed by atoms with Crippen LogP contribution in [0.2, 0.25) is 0 Å². The Morgan fingerprint density at radius 1 is 1.11 bits per heavy atom. The fourth-order valence-corrected chi connectivity index (χ4v) is 3.34. The number of rotatable bonds is 4. The number of benzene rings is 1. The first kappa shape index (κ1) is 12.7. The van der Waals surface area contributed by atoms with Crippen molar-refractivity contribution in [1.29, 1.82) is 0 Å². The monoisotopic (exact) mass is 259 g/mol. The highest BCUT2D eigenvalue weighted by atomic mass is 16.7. The molecule has 2 aliphatic rings. The molecule has 1 unspecified atom stereocenters. The summed E-state index contributed by atoms with van der Waals surface area (Å²) in [6.45, 7) is 0.496. The lowest BCUT2D eigenvalue weighted by Gasteiger charge is -2.28. The molecular formula is C16H21NO2. The summed E-state index contributed by atoms with van der Waals surface area (Å²) in [6, 6.07) is 10.4. The average molecular weight is 259 g/mol. The smallest absolute Gasteiger partial charge is 0.246 e. The van der Waals surface area contributed by atoms with Gasteiger partial charge in [0.1, 0.15) is 6.61 Å². The molecule has 2 fully saturated rings. The van der Waals surface area contributed by atoms with E-state index in [2.05, 4.69) is 0 Å². The van der Waals surface area contributed by atoms with Crippen LogP contribution in [0.4, 0.5) is 0 Å². The van der Waals surface area contributed by atoms with Crippen LogP contribution in [0.1, 0.15) is 44.1 Å². The van der Waals surface area contributed by atoms with Gasteiger partial charge in [-0.05, 0) is 30.7 Å². The molecule has 1 saturated heterocycles. The maximum absolute atomic E-state index is 12.0. The zero-order valence-corrected chi connectivity index (χ0v) is 11.3. The van der Waals surface area contributed by atoms with Gasteiger partial charge in [-0.3, -0.25) is 9.63 Å². The van der Waals surface area contributed by atoms with Crippen molar-refractivity contribution < 1.29 is 9.63 Å². The molecule has 1 aromatic carbocycles. The Labute approximate surface area is 114 Å². The molecule has 102 valence electrons. The summed E-state index contributed by atoms with van der Waals surface area (Å²) in [5, 5.41) is 1.68. The van der Waals surface area contributed by atoms with E-state index in [0.29, 0.717) is 25.0 Å². The molecule has 1 atom stereocenters. The number of carbonyl (C=O) groups is 1. The molecule has 1 amide bonds. The van der Waals surface area contributed by atoms with E-state index in [0.717, 1.165) is 12.0 Å². The number of hydrogen-bond acceptors (Lipinski definition) is 2. The summed E-state index contributed by atoms with van der Waals surface area (Å²) in [6.07, 6.45) is 6.74. The molecule has 3 heteroatoms. The maximum Gasteiger partial charge on any atom is 0.246 e. The van der Waals surface area contributed by atoms with Crippen LogP contribution in [-0.4, -0.2) is 17.0 Å². The summed E-state index contributed by atoms with van der Waals surface area (Å²) in [5.74, 6) is 0.815. The van der Waals surface area contributed by atoms with Gasteiger partial charge in [-0.1, -0.05) is 43.2 Å². The Kier molecular flexibility index (Phi) is 3.83. The largest absolute Gasteiger partial charge is 0.273 e. The third-order valence-corrected chi connectivity index (χ3v) is 4.36. The zero-order valence-electron chi connectivity index (χ0n) is 11.3. The lowest BCUT2D eigenvalue weighted by Crippen LogP contribution is -2.37. The van der Waals surface area contributed by atoms with E-state index in [1.807, 2.05) is 30.3 Å². The fraction of sp³-hybridized carbons (Fsp3) is 0.562. The minimum atomic E-state index is 0.160. The Bertz CT molecular complexity index is 426. The van der Waals surface area contributed by atoms with Crippen LogP contribution in [-0.2, 0) is 16.2 Å². The van der Waals surface area contributed by atoms with E-state index in [1.165, 1.54) is 25.7 Å². The topological polar surface area (TPSA) is 29.5 Å². The SMILES string of the molecule is O=C1CCC(C2CCCC2)N1OCc1ccccc1. The lowest BCUT2D eigenvalue weighted by atomic mass is 9.97. The van der Waals surface area contributed by atoms with Crippen molar-refractivity contribution in [3.8, 4) is 0 Å². The maximum atomic E-state index is 12.0. The molecule has 0 N–H and O–H groups in total. The number of hydrogen-bond donors (Lipinski definition) is 0. The molecule has 1 heterocycles. The minimum absolute atomic E-state index is 0.160. The predicted octanol–water partition coefficient (Wildman–Crippen LogP) is 3.30. The summed E-state index contributed by atoms with van der Waals surface area (Å²) in [5.41, 5.74) is 1.12. The molecule has 0 bridgehead atoms. The fourth-order valence-electron chi connectivity index (χ4n) is 3.34. The second kappa shape index (κ2) is 5.74. The van der Waals surface area contributed by atoms with Gasteiger partial charge in [0, 0.05) is 6.42 Å². The van der Waals surface area contributed by atoms with E-state index in [-0.39, 0.29) is 5.91 Å². The average Bonchev–Trinajstić information content (AvgIpc) is 3.07. The van der Waals surface area contributed by atoms with Gasteiger partial charge in [-0.15, -0.1) is 0 Å². The van der Waals surface area contributed by atoms with Gasteiger partial charge in [-0.2, -0.15) is 0 Å². The van der Waals surface area contributed by atoms with E-state index in [4.69, 9.17) is 4.84 Å². The molecule has 1 saturated carbocycles. The number of amides is 1. The second-order valence-electron chi connectivity index (χ2n) is 5.63. The molecule has 0 spiro atoms. The van der Waals surface area contributed by atoms with Crippen LogP contribution in [0.3, 0.4) is 0 Å². The highest BCUT2D eigenvalue weighted by molar-refractivity contribution is 5.77. The number of hydroxylamine groups is 2. The summed E-state index contributed by atoms with van der Waals surface area (Å²) < 4.78 is 0. The van der Waals surface area contributed by atoms with Gasteiger partial charge in [0.2, 0.25) is 5.91 Å². The van der Waals surface area contributed by atoms with Gasteiger partial charge in [0.05, 0.1) is 6.04 Å². The van der Waals surface area contributed by atoms with Crippen LogP contribution in [0.5, 0.6) is 0 Å². The molecule has 3 rings (SSSR count). The van der Waals surface area contributed by atoms with Crippen molar-refractivity contribution in [2.24, 2.45) is 5.92 Å². The second-order valence-corrected chi connectivity index (χ2v) is 5.63. The first-order valence-electron chi connectivity index (χ1n) is 7.33. The molecule has 0 radical (unpaired) electrons. The third kappa shape index (κ3) is 2.81. The van der Waals surface area contributed by atoms with E-state index >= 15 is 0 Å². The van der Waals surface area contributed by atoms with Crippen molar-refractivity contribution in [2.75, 3.05) is 0 Å². The van der Waals surface area contributed by atoms with Crippen LogP contribution < -0.4 is 0 Å². The summed E-state index contributed by atoms with van der Waals surface area (Å²) in [7, 11) is 0. The standard InChI is InChI=1S/C16H21NO2/c18-16-11-10-15(14-8-4-5-9-14)17(16)19-12-13-6-2-1-3-7-13/h1-3,6-7,14-15H,4-5,8-12H2. The van der Waals surface area contributed by atoms with Crippen molar-refractivity contribution in [1.82, 2.24) is 5.06 Å².